The Balaban J connectivity index is 2.65. The van der Waals surface area contributed by atoms with Gasteiger partial charge in [0.25, 0.3) is 5.56 Å². The van der Waals surface area contributed by atoms with Crippen LogP contribution in [0.2, 0.25) is 0 Å². The molecule has 2 rings (SSSR count). The third kappa shape index (κ3) is 2.00. The van der Waals surface area contributed by atoms with E-state index in [9.17, 15) is 18.4 Å². The van der Waals surface area contributed by atoms with E-state index < -0.39 is 28.7 Å². The van der Waals surface area contributed by atoms with Crippen LogP contribution in [0.1, 0.15) is 10.4 Å². The second-order valence-corrected chi connectivity index (χ2v) is 3.54. The molecule has 2 aromatic rings. The maximum Gasteiger partial charge on any atom is 0.341 e. The maximum absolute atomic E-state index is 13.5. The standard InChI is InChI=1S/C12H7F2NO3/c13-9-3-1-2-7(10(9)14)6-4-8(12(17)18)11(16)15-5-6/h1-5H,(H,15,16)(H,17,18). The third-order valence-corrected chi connectivity index (χ3v) is 2.40. The van der Waals surface area contributed by atoms with Gasteiger partial charge >= 0.3 is 5.97 Å². The van der Waals surface area contributed by atoms with Gasteiger partial charge in [-0.2, -0.15) is 0 Å². The molecular weight excluding hydrogens is 244 g/mol. The predicted octanol–water partition coefficient (Wildman–Crippen LogP) is 2.02. The largest absolute Gasteiger partial charge is 0.477 e. The maximum atomic E-state index is 13.5. The topological polar surface area (TPSA) is 70.2 Å². The Kier molecular flexibility index (Phi) is 2.93. The zero-order chi connectivity index (χ0) is 13.3. The molecule has 0 spiro atoms. The van der Waals surface area contributed by atoms with Crippen LogP contribution in [0.3, 0.4) is 0 Å². The first-order valence-electron chi connectivity index (χ1n) is 4.91. The van der Waals surface area contributed by atoms with Crippen molar-refractivity contribution in [1.29, 1.82) is 0 Å². The summed E-state index contributed by atoms with van der Waals surface area (Å²) in [6.07, 6.45) is 1.13. The van der Waals surface area contributed by atoms with E-state index in [-0.39, 0.29) is 11.1 Å². The number of benzene rings is 1. The molecule has 1 aromatic carbocycles. The third-order valence-electron chi connectivity index (χ3n) is 2.40. The lowest BCUT2D eigenvalue weighted by molar-refractivity contribution is 0.0695. The second-order valence-electron chi connectivity index (χ2n) is 3.54. The van der Waals surface area contributed by atoms with E-state index in [1.807, 2.05) is 0 Å². The van der Waals surface area contributed by atoms with Crippen molar-refractivity contribution >= 4 is 5.97 Å². The molecule has 0 atom stereocenters. The highest BCUT2D eigenvalue weighted by atomic mass is 19.2. The first-order valence-corrected chi connectivity index (χ1v) is 4.91. The number of pyridine rings is 1. The molecule has 0 saturated carbocycles. The highest BCUT2D eigenvalue weighted by molar-refractivity contribution is 5.88. The van der Waals surface area contributed by atoms with Crippen molar-refractivity contribution in [3.05, 3.63) is 58.0 Å². The summed E-state index contributed by atoms with van der Waals surface area (Å²) in [6, 6.07) is 4.53. The molecule has 0 aliphatic rings. The zero-order valence-electron chi connectivity index (χ0n) is 8.91. The minimum absolute atomic E-state index is 0.0870. The van der Waals surface area contributed by atoms with E-state index in [0.717, 1.165) is 18.3 Å². The molecule has 0 fully saturated rings. The second kappa shape index (κ2) is 4.40. The summed E-state index contributed by atoms with van der Waals surface area (Å²) in [5.41, 5.74) is -1.36. The fraction of sp³-hybridized carbons (Fsp3) is 0. The van der Waals surface area contributed by atoms with Crippen molar-refractivity contribution < 1.29 is 18.7 Å². The van der Waals surface area contributed by atoms with Gasteiger partial charge in [0, 0.05) is 17.3 Å². The lowest BCUT2D eigenvalue weighted by Crippen LogP contribution is -2.16. The zero-order valence-corrected chi connectivity index (χ0v) is 8.91. The molecule has 0 aliphatic carbocycles. The summed E-state index contributed by atoms with van der Waals surface area (Å²) >= 11 is 0. The highest BCUT2D eigenvalue weighted by Gasteiger charge is 2.14. The number of H-pyrrole nitrogens is 1. The molecule has 0 amide bonds. The van der Waals surface area contributed by atoms with Crippen LogP contribution in [-0.4, -0.2) is 16.1 Å². The van der Waals surface area contributed by atoms with E-state index in [2.05, 4.69) is 4.98 Å². The molecule has 1 heterocycles. The predicted molar refractivity (Wildman–Crippen MR) is 59.4 cm³/mol. The Labute approximate surface area is 99.5 Å². The molecule has 0 unspecified atom stereocenters. The average Bonchev–Trinajstić information content (AvgIpc) is 2.33. The molecule has 0 saturated heterocycles. The molecule has 1 aromatic heterocycles. The molecule has 6 heteroatoms. The van der Waals surface area contributed by atoms with Crippen LogP contribution in [0.4, 0.5) is 8.78 Å². The van der Waals surface area contributed by atoms with Gasteiger partial charge < -0.3 is 10.1 Å². The summed E-state index contributed by atoms with van der Waals surface area (Å²) in [7, 11) is 0. The number of hydrogen-bond acceptors (Lipinski definition) is 2. The molecule has 2 N–H and O–H groups in total. The van der Waals surface area contributed by atoms with Crippen molar-refractivity contribution in [3.63, 3.8) is 0 Å². The molecular formula is C12H7F2NO3. The van der Waals surface area contributed by atoms with Crippen molar-refractivity contribution in [2.75, 3.05) is 0 Å². The lowest BCUT2D eigenvalue weighted by Gasteiger charge is -2.04. The van der Waals surface area contributed by atoms with Crippen LogP contribution in [0.25, 0.3) is 11.1 Å². The van der Waals surface area contributed by atoms with Crippen LogP contribution >= 0.6 is 0 Å². The molecule has 0 aliphatic heterocycles. The molecule has 18 heavy (non-hydrogen) atoms. The van der Waals surface area contributed by atoms with E-state index in [1.165, 1.54) is 12.1 Å². The number of hydrogen-bond donors (Lipinski definition) is 2. The minimum Gasteiger partial charge on any atom is -0.477 e. The van der Waals surface area contributed by atoms with Crippen molar-refractivity contribution in [1.82, 2.24) is 4.98 Å². The lowest BCUT2D eigenvalue weighted by atomic mass is 10.1. The number of carboxylic acids is 1. The number of aromatic nitrogens is 1. The first-order chi connectivity index (χ1) is 8.50. The SMILES string of the molecule is O=C(O)c1cc(-c2cccc(F)c2F)c[nH]c1=O. The van der Waals surface area contributed by atoms with Crippen molar-refractivity contribution in [2.24, 2.45) is 0 Å². The quantitative estimate of drug-likeness (QED) is 0.857. The monoisotopic (exact) mass is 251 g/mol. The Bertz CT molecular complexity index is 679. The molecule has 4 nitrogen and oxygen atoms in total. The average molecular weight is 251 g/mol. The first kappa shape index (κ1) is 12.0. The van der Waals surface area contributed by atoms with Gasteiger partial charge in [0.2, 0.25) is 0 Å². The number of aromatic carboxylic acids is 1. The fourth-order valence-corrected chi connectivity index (χ4v) is 1.52. The number of rotatable bonds is 2. The van der Waals surface area contributed by atoms with Gasteiger partial charge in [0.15, 0.2) is 11.6 Å². The van der Waals surface area contributed by atoms with Crippen LogP contribution in [0.5, 0.6) is 0 Å². The highest BCUT2D eigenvalue weighted by Crippen LogP contribution is 2.23. The minimum atomic E-state index is -1.44. The van der Waals surface area contributed by atoms with Gasteiger partial charge in [0.05, 0.1) is 0 Å². The molecule has 92 valence electrons. The van der Waals surface area contributed by atoms with Crippen LogP contribution in [0.15, 0.2) is 35.3 Å². The number of nitrogens with one attached hydrogen (secondary N) is 1. The molecule has 0 radical (unpaired) electrons. The summed E-state index contributed by atoms with van der Waals surface area (Å²) < 4.78 is 26.5. The Morgan fingerprint density at radius 2 is 2.00 bits per heavy atom. The Hall–Kier alpha value is -2.50. The summed E-state index contributed by atoms with van der Waals surface area (Å²) in [5.74, 6) is -3.58. The van der Waals surface area contributed by atoms with E-state index in [1.54, 1.807) is 0 Å². The van der Waals surface area contributed by atoms with Crippen LogP contribution in [0, 0.1) is 11.6 Å². The van der Waals surface area contributed by atoms with E-state index in [4.69, 9.17) is 5.11 Å². The van der Waals surface area contributed by atoms with E-state index >= 15 is 0 Å². The number of halogens is 2. The number of carboxylic acid groups (broad SMARTS) is 1. The van der Waals surface area contributed by atoms with Gasteiger partial charge in [-0.25, -0.2) is 13.6 Å². The van der Waals surface area contributed by atoms with Gasteiger partial charge in [-0.3, -0.25) is 4.79 Å². The molecule has 0 bridgehead atoms. The van der Waals surface area contributed by atoms with Crippen molar-refractivity contribution in [3.8, 4) is 11.1 Å². The normalized spacial score (nSPS) is 10.3. The summed E-state index contributed by atoms with van der Waals surface area (Å²) in [5, 5.41) is 8.77. The van der Waals surface area contributed by atoms with Gasteiger partial charge in [-0.1, -0.05) is 12.1 Å². The van der Waals surface area contributed by atoms with Gasteiger partial charge in [-0.15, -0.1) is 0 Å². The Morgan fingerprint density at radius 1 is 1.28 bits per heavy atom. The number of carbonyl (C=O) groups is 1. The summed E-state index contributed by atoms with van der Waals surface area (Å²) in [4.78, 5) is 24.1. The smallest absolute Gasteiger partial charge is 0.341 e. The van der Waals surface area contributed by atoms with Gasteiger partial charge in [-0.05, 0) is 12.1 Å². The van der Waals surface area contributed by atoms with Crippen LogP contribution < -0.4 is 5.56 Å². The fourth-order valence-electron chi connectivity index (χ4n) is 1.52. The van der Waals surface area contributed by atoms with E-state index in [0.29, 0.717) is 0 Å². The Morgan fingerprint density at radius 3 is 2.67 bits per heavy atom. The summed E-state index contributed by atoms with van der Waals surface area (Å²) in [6.45, 7) is 0. The van der Waals surface area contributed by atoms with Gasteiger partial charge in [0.1, 0.15) is 5.56 Å². The number of aromatic amines is 1. The van der Waals surface area contributed by atoms with Crippen molar-refractivity contribution in [2.45, 2.75) is 0 Å². The van der Waals surface area contributed by atoms with Crippen LogP contribution in [-0.2, 0) is 0 Å².